The second-order valence-electron chi connectivity index (χ2n) is 4.81. The average Bonchev–Trinajstić information content (AvgIpc) is 2.96. The Morgan fingerprint density at radius 2 is 2.10 bits per heavy atom. The van der Waals surface area contributed by atoms with E-state index >= 15 is 0 Å². The first kappa shape index (κ1) is 14.3. The third-order valence-electron chi connectivity index (χ3n) is 3.48. The van der Waals surface area contributed by atoms with Crippen molar-refractivity contribution in [2.45, 2.75) is 20.3 Å². The number of aryl methyl sites for hydroxylation is 2. The molecule has 0 N–H and O–H groups in total. The van der Waals surface area contributed by atoms with Crippen LogP contribution in [0.1, 0.15) is 18.1 Å². The van der Waals surface area contributed by atoms with Crippen LogP contribution in [-0.2, 0) is 6.42 Å². The molecule has 3 rings (SSSR count). The summed E-state index contributed by atoms with van der Waals surface area (Å²) in [5, 5.41) is 3.36. The number of ether oxygens (including phenoxy) is 1. The van der Waals surface area contributed by atoms with Gasteiger partial charge in [0.2, 0.25) is 0 Å². The van der Waals surface area contributed by atoms with Crippen LogP contribution < -0.4 is 4.74 Å². The van der Waals surface area contributed by atoms with E-state index in [1.165, 1.54) is 5.56 Å². The maximum absolute atomic E-state index is 6.37. The fourth-order valence-corrected chi connectivity index (χ4v) is 3.52. The van der Waals surface area contributed by atoms with Crippen LogP contribution >= 0.6 is 22.9 Å². The Kier molecular flexibility index (Phi) is 3.83. The standard InChI is InChI=1S/C16H15ClN2OS/c1-4-10-5-6-21-14(10)16-18-13-9(2)7-11(20-3)8-12(13)15(17)19-16/h5-8H,4H2,1-3H3. The van der Waals surface area contributed by atoms with E-state index in [-0.39, 0.29) is 0 Å². The van der Waals surface area contributed by atoms with E-state index in [1.54, 1.807) is 18.4 Å². The smallest absolute Gasteiger partial charge is 0.171 e. The molecule has 0 fully saturated rings. The van der Waals surface area contributed by atoms with Gasteiger partial charge in [0.15, 0.2) is 5.82 Å². The van der Waals surface area contributed by atoms with Crippen molar-refractivity contribution >= 4 is 33.8 Å². The number of aromatic nitrogens is 2. The molecule has 3 nitrogen and oxygen atoms in total. The molecule has 0 saturated heterocycles. The highest BCUT2D eigenvalue weighted by Crippen LogP contribution is 2.33. The van der Waals surface area contributed by atoms with Gasteiger partial charge in [0.25, 0.3) is 0 Å². The molecule has 5 heteroatoms. The van der Waals surface area contributed by atoms with Crippen molar-refractivity contribution in [1.29, 1.82) is 0 Å². The van der Waals surface area contributed by atoms with Gasteiger partial charge in [-0.15, -0.1) is 11.3 Å². The summed E-state index contributed by atoms with van der Waals surface area (Å²) in [7, 11) is 1.64. The van der Waals surface area contributed by atoms with E-state index in [2.05, 4.69) is 23.4 Å². The molecular weight excluding hydrogens is 304 g/mol. The zero-order chi connectivity index (χ0) is 15.0. The predicted octanol–water partition coefficient (Wildman–Crippen LogP) is 4.89. The van der Waals surface area contributed by atoms with E-state index in [0.29, 0.717) is 11.0 Å². The quantitative estimate of drug-likeness (QED) is 0.645. The van der Waals surface area contributed by atoms with E-state index in [9.17, 15) is 0 Å². The fourth-order valence-electron chi connectivity index (χ4n) is 2.37. The fraction of sp³-hybridized carbons (Fsp3) is 0.250. The first-order chi connectivity index (χ1) is 10.1. The van der Waals surface area contributed by atoms with Gasteiger partial charge in [0.1, 0.15) is 10.9 Å². The lowest BCUT2D eigenvalue weighted by molar-refractivity contribution is 0.415. The average molecular weight is 319 g/mol. The SMILES string of the molecule is CCc1ccsc1-c1nc(Cl)c2cc(OC)cc(C)c2n1. The zero-order valence-corrected chi connectivity index (χ0v) is 13.7. The highest BCUT2D eigenvalue weighted by Gasteiger charge is 2.14. The van der Waals surface area contributed by atoms with Gasteiger partial charge in [-0.25, -0.2) is 9.97 Å². The molecule has 0 atom stereocenters. The van der Waals surface area contributed by atoms with Crippen LogP contribution in [0.4, 0.5) is 0 Å². The van der Waals surface area contributed by atoms with Gasteiger partial charge < -0.3 is 4.74 Å². The van der Waals surface area contributed by atoms with Crippen LogP contribution in [0.5, 0.6) is 5.75 Å². The normalized spacial score (nSPS) is 11.0. The minimum atomic E-state index is 0.465. The van der Waals surface area contributed by atoms with Gasteiger partial charge in [0, 0.05) is 5.39 Å². The summed E-state index contributed by atoms with van der Waals surface area (Å²) in [5.74, 6) is 1.47. The van der Waals surface area contributed by atoms with Gasteiger partial charge in [0.05, 0.1) is 17.5 Å². The summed E-state index contributed by atoms with van der Waals surface area (Å²) in [6.07, 6.45) is 0.958. The molecule has 0 spiro atoms. The number of nitrogens with zero attached hydrogens (tertiary/aromatic N) is 2. The van der Waals surface area contributed by atoms with Crippen molar-refractivity contribution in [2.24, 2.45) is 0 Å². The van der Waals surface area contributed by atoms with E-state index < -0.39 is 0 Å². The molecule has 108 valence electrons. The Balaban J connectivity index is 2.26. The maximum atomic E-state index is 6.37. The number of fused-ring (bicyclic) bond motifs is 1. The second-order valence-corrected chi connectivity index (χ2v) is 6.08. The lowest BCUT2D eigenvalue weighted by atomic mass is 10.1. The number of benzene rings is 1. The van der Waals surface area contributed by atoms with Crippen LogP contribution in [0.3, 0.4) is 0 Å². The van der Waals surface area contributed by atoms with Gasteiger partial charge in [-0.2, -0.15) is 0 Å². The molecule has 0 aliphatic carbocycles. The number of methoxy groups -OCH3 is 1. The molecule has 0 aliphatic heterocycles. The number of rotatable bonds is 3. The molecule has 0 saturated carbocycles. The Hall–Kier alpha value is -1.65. The first-order valence-corrected chi connectivity index (χ1v) is 7.98. The molecule has 21 heavy (non-hydrogen) atoms. The number of hydrogen-bond acceptors (Lipinski definition) is 4. The van der Waals surface area contributed by atoms with Crippen molar-refractivity contribution in [2.75, 3.05) is 7.11 Å². The van der Waals surface area contributed by atoms with Crippen LogP contribution in [0.15, 0.2) is 23.6 Å². The van der Waals surface area contributed by atoms with Gasteiger partial charge in [-0.05, 0) is 48.1 Å². The topological polar surface area (TPSA) is 35.0 Å². The summed E-state index contributed by atoms with van der Waals surface area (Å²) in [5.41, 5.74) is 3.16. The van der Waals surface area contributed by atoms with Gasteiger partial charge in [-0.1, -0.05) is 18.5 Å². The monoisotopic (exact) mass is 318 g/mol. The molecule has 0 bridgehead atoms. The molecule has 0 radical (unpaired) electrons. The summed E-state index contributed by atoms with van der Waals surface area (Å²) < 4.78 is 5.28. The minimum absolute atomic E-state index is 0.465. The summed E-state index contributed by atoms with van der Waals surface area (Å²) in [6, 6.07) is 5.95. The third-order valence-corrected chi connectivity index (χ3v) is 4.73. The Labute approximate surface area is 132 Å². The lowest BCUT2D eigenvalue weighted by Gasteiger charge is -2.09. The predicted molar refractivity (Wildman–Crippen MR) is 88.5 cm³/mol. The second kappa shape index (κ2) is 5.62. The third kappa shape index (κ3) is 2.49. The number of hydrogen-bond donors (Lipinski definition) is 0. The number of thiophene rings is 1. The zero-order valence-electron chi connectivity index (χ0n) is 12.1. The lowest BCUT2D eigenvalue weighted by Crippen LogP contribution is -1.95. The summed E-state index contributed by atoms with van der Waals surface area (Å²) >= 11 is 8.02. The molecule has 1 aromatic carbocycles. The van der Waals surface area contributed by atoms with Crippen LogP contribution in [0.2, 0.25) is 5.15 Å². The molecule has 0 aliphatic rings. The van der Waals surface area contributed by atoms with Crippen molar-refractivity contribution < 1.29 is 4.74 Å². The largest absolute Gasteiger partial charge is 0.497 e. The van der Waals surface area contributed by atoms with E-state index in [0.717, 1.165) is 33.5 Å². The van der Waals surface area contributed by atoms with Crippen LogP contribution in [0.25, 0.3) is 21.6 Å². The van der Waals surface area contributed by atoms with Crippen molar-refractivity contribution in [3.05, 3.63) is 39.9 Å². The summed E-state index contributed by atoms with van der Waals surface area (Å²) in [6.45, 7) is 4.14. The van der Waals surface area contributed by atoms with E-state index in [4.69, 9.17) is 21.3 Å². The van der Waals surface area contributed by atoms with Gasteiger partial charge in [-0.3, -0.25) is 0 Å². The van der Waals surface area contributed by atoms with Crippen molar-refractivity contribution in [3.63, 3.8) is 0 Å². The Bertz CT molecular complexity index is 813. The van der Waals surface area contributed by atoms with Crippen molar-refractivity contribution in [3.8, 4) is 16.5 Å². The van der Waals surface area contributed by atoms with Crippen LogP contribution in [0, 0.1) is 6.92 Å². The highest BCUT2D eigenvalue weighted by molar-refractivity contribution is 7.13. The highest BCUT2D eigenvalue weighted by atomic mass is 35.5. The molecule has 2 heterocycles. The molecule has 0 amide bonds. The minimum Gasteiger partial charge on any atom is -0.497 e. The Morgan fingerprint density at radius 1 is 1.29 bits per heavy atom. The van der Waals surface area contributed by atoms with E-state index in [1.807, 2.05) is 19.1 Å². The molecule has 2 aromatic heterocycles. The molecule has 3 aromatic rings. The number of halogens is 1. The maximum Gasteiger partial charge on any atom is 0.171 e. The molecular formula is C16H15ClN2OS. The Morgan fingerprint density at radius 3 is 2.81 bits per heavy atom. The van der Waals surface area contributed by atoms with Crippen LogP contribution in [-0.4, -0.2) is 17.1 Å². The van der Waals surface area contributed by atoms with Gasteiger partial charge >= 0.3 is 0 Å². The first-order valence-electron chi connectivity index (χ1n) is 6.72. The molecule has 0 unspecified atom stereocenters. The summed E-state index contributed by atoms with van der Waals surface area (Å²) in [4.78, 5) is 10.3. The van der Waals surface area contributed by atoms with Crippen molar-refractivity contribution in [1.82, 2.24) is 9.97 Å².